The summed E-state index contributed by atoms with van der Waals surface area (Å²) in [5.74, 6) is 2.80. The van der Waals surface area contributed by atoms with Crippen LogP contribution in [0.4, 0.5) is 5.82 Å². The van der Waals surface area contributed by atoms with Crippen molar-refractivity contribution in [2.45, 2.75) is 32.4 Å². The number of hydrogen-bond acceptors (Lipinski definition) is 5. The van der Waals surface area contributed by atoms with E-state index in [0.717, 1.165) is 24.3 Å². The van der Waals surface area contributed by atoms with Crippen LogP contribution < -0.4 is 5.32 Å². The van der Waals surface area contributed by atoms with Crippen molar-refractivity contribution in [1.29, 1.82) is 0 Å². The Morgan fingerprint density at radius 1 is 1.47 bits per heavy atom. The van der Waals surface area contributed by atoms with E-state index in [1.807, 2.05) is 6.92 Å². The predicted octanol–water partition coefficient (Wildman–Crippen LogP) is 1.99. The standard InChI is InChI=1S/C12H18ClN3O2S/c1-2-18-8-12-15-10(13)7-11(16-12)14-9-3-5-19(17)6-4-9/h7,9H,2-6,8H2,1H3,(H,14,15,16). The number of rotatable bonds is 5. The highest BCUT2D eigenvalue weighted by molar-refractivity contribution is 7.85. The van der Waals surface area contributed by atoms with Crippen LogP contribution in [0.25, 0.3) is 0 Å². The van der Waals surface area contributed by atoms with E-state index in [4.69, 9.17) is 16.3 Å². The molecule has 0 radical (unpaired) electrons. The van der Waals surface area contributed by atoms with E-state index in [0.29, 0.717) is 36.1 Å². The highest BCUT2D eigenvalue weighted by atomic mass is 35.5. The predicted molar refractivity (Wildman–Crippen MR) is 76.9 cm³/mol. The molecule has 0 unspecified atom stereocenters. The highest BCUT2D eigenvalue weighted by Gasteiger charge is 2.18. The lowest BCUT2D eigenvalue weighted by Gasteiger charge is -2.23. The number of anilines is 1. The zero-order valence-electron chi connectivity index (χ0n) is 10.9. The minimum absolute atomic E-state index is 0.309. The average Bonchev–Trinajstić information content (AvgIpc) is 2.38. The van der Waals surface area contributed by atoms with Gasteiger partial charge in [-0.3, -0.25) is 4.21 Å². The van der Waals surface area contributed by atoms with Gasteiger partial charge in [-0.2, -0.15) is 0 Å². The van der Waals surface area contributed by atoms with E-state index in [2.05, 4.69) is 15.3 Å². The zero-order valence-corrected chi connectivity index (χ0v) is 12.5. The molecule has 7 heteroatoms. The van der Waals surface area contributed by atoms with Gasteiger partial charge in [0.2, 0.25) is 0 Å². The molecule has 1 aliphatic heterocycles. The van der Waals surface area contributed by atoms with Crippen LogP contribution in [-0.4, -0.2) is 38.3 Å². The summed E-state index contributed by atoms with van der Waals surface area (Å²) in [6, 6.07) is 2.02. The Morgan fingerprint density at radius 3 is 2.89 bits per heavy atom. The van der Waals surface area contributed by atoms with E-state index in [9.17, 15) is 4.21 Å². The maximum atomic E-state index is 11.3. The lowest BCUT2D eigenvalue weighted by molar-refractivity contribution is 0.128. The van der Waals surface area contributed by atoms with Gasteiger partial charge in [0.15, 0.2) is 5.82 Å². The van der Waals surface area contributed by atoms with Gasteiger partial charge in [0.05, 0.1) is 0 Å². The molecule has 1 saturated heterocycles. The zero-order chi connectivity index (χ0) is 13.7. The van der Waals surface area contributed by atoms with Crippen LogP contribution in [0.1, 0.15) is 25.6 Å². The maximum absolute atomic E-state index is 11.3. The van der Waals surface area contributed by atoms with E-state index < -0.39 is 10.8 Å². The Kier molecular flexibility index (Phi) is 5.54. The molecule has 0 bridgehead atoms. The monoisotopic (exact) mass is 303 g/mol. The van der Waals surface area contributed by atoms with Gasteiger partial charge in [-0.15, -0.1) is 0 Å². The molecule has 2 rings (SSSR count). The molecule has 0 atom stereocenters. The fourth-order valence-corrected chi connectivity index (χ4v) is 3.44. The summed E-state index contributed by atoms with van der Waals surface area (Å²) in [5, 5.41) is 3.74. The van der Waals surface area contributed by atoms with Crippen molar-refractivity contribution < 1.29 is 8.95 Å². The molecule has 1 N–H and O–H groups in total. The minimum Gasteiger partial charge on any atom is -0.374 e. The molecular formula is C12H18ClN3O2S. The first-order chi connectivity index (χ1) is 9.17. The maximum Gasteiger partial charge on any atom is 0.158 e. The molecule has 1 aliphatic rings. The van der Waals surface area contributed by atoms with Gasteiger partial charge < -0.3 is 10.1 Å². The third kappa shape index (κ3) is 4.71. The van der Waals surface area contributed by atoms with Gasteiger partial charge in [-0.1, -0.05) is 11.6 Å². The Labute approximate surface area is 120 Å². The summed E-state index contributed by atoms with van der Waals surface area (Å²) in [5.41, 5.74) is 0. The Bertz CT molecular complexity index is 449. The number of halogens is 1. The fraction of sp³-hybridized carbons (Fsp3) is 0.667. The van der Waals surface area contributed by atoms with E-state index in [1.54, 1.807) is 6.07 Å². The summed E-state index contributed by atoms with van der Waals surface area (Å²) in [6.45, 7) is 2.90. The molecule has 0 aromatic carbocycles. The second kappa shape index (κ2) is 7.17. The molecule has 0 spiro atoms. The average molecular weight is 304 g/mol. The molecule has 1 fully saturated rings. The van der Waals surface area contributed by atoms with Gasteiger partial charge in [-0.25, -0.2) is 9.97 Å². The van der Waals surface area contributed by atoms with Crippen LogP contribution >= 0.6 is 11.6 Å². The first-order valence-corrected chi connectivity index (χ1v) is 8.26. The van der Waals surface area contributed by atoms with E-state index in [-0.39, 0.29) is 0 Å². The van der Waals surface area contributed by atoms with Crippen LogP contribution in [0.15, 0.2) is 6.07 Å². The van der Waals surface area contributed by atoms with Crippen LogP contribution in [0.3, 0.4) is 0 Å². The number of ether oxygens (including phenoxy) is 1. The molecule has 19 heavy (non-hydrogen) atoms. The van der Waals surface area contributed by atoms with Crippen molar-refractivity contribution in [3.63, 3.8) is 0 Å². The molecule has 1 aromatic heterocycles. The second-order valence-electron chi connectivity index (χ2n) is 4.40. The van der Waals surface area contributed by atoms with Crippen molar-refractivity contribution in [2.75, 3.05) is 23.4 Å². The third-order valence-corrected chi connectivity index (χ3v) is 4.49. The molecule has 5 nitrogen and oxygen atoms in total. The lowest BCUT2D eigenvalue weighted by atomic mass is 10.1. The van der Waals surface area contributed by atoms with Crippen LogP contribution in [0, 0.1) is 0 Å². The summed E-state index contributed by atoms with van der Waals surface area (Å²) >= 11 is 5.97. The van der Waals surface area contributed by atoms with Gasteiger partial charge in [0.25, 0.3) is 0 Å². The summed E-state index contributed by atoms with van der Waals surface area (Å²) in [6.07, 6.45) is 1.80. The molecule has 1 aromatic rings. The second-order valence-corrected chi connectivity index (χ2v) is 6.48. The van der Waals surface area contributed by atoms with E-state index >= 15 is 0 Å². The molecular weight excluding hydrogens is 286 g/mol. The molecule has 106 valence electrons. The fourth-order valence-electron chi connectivity index (χ4n) is 1.94. The van der Waals surface area contributed by atoms with Crippen molar-refractivity contribution in [3.05, 3.63) is 17.0 Å². The van der Waals surface area contributed by atoms with E-state index in [1.165, 1.54) is 0 Å². The number of hydrogen-bond donors (Lipinski definition) is 1. The minimum atomic E-state index is -0.651. The highest BCUT2D eigenvalue weighted by Crippen LogP contribution is 2.17. The van der Waals surface area contributed by atoms with Crippen LogP contribution in [0.2, 0.25) is 5.15 Å². The van der Waals surface area contributed by atoms with Crippen molar-refractivity contribution in [3.8, 4) is 0 Å². The van der Waals surface area contributed by atoms with Crippen molar-refractivity contribution >= 4 is 28.2 Å². The number of nitrogens with zero attached hydrogens (tertiary/aromatic N) is 2. The van der Waals surface area contributed by atoms with Gasteiger partial charge in [0, 0.05) is 41.0 Å². The molecule has 0 saturated carbocycles. The molecule has 0 aliphatic carbocycles. The third-order valence-electron chi connectivity index (χ3n) is 2.92. The van der Waals surface area contributed by atoms with Gasteiger partial charge >= 0.3 is 0 Å². The Hall–Kier alpha value is -0.720. The lowest BCUT2D eigenvalue weighted by Crippen LogP contribution is -2.29. The largest absolute Gasteiger partial charge is 0.374 e. The van der Waals surface area contributed by atoms with Crippen LogP contribution in [-0.2, 0) is 22.1 Å². The van der Waals surface area contributed by atoms with Crippen molar-refractivity contribution in [1.82, 2.24) is 9.97 Å². The van der Waals surface area contributed by atoms with Gasteiger partial charge in [-0.05, 0) is 19.8 Å². The van der Waals surface area contributed by atoms with Gasteiger partial charge in [0.1, 0.15) is 17.6 Å². The number of nitrogens with one attached hydrogen (secondary N) is 1. The molecule has 2 heterocycles. The molecule has 0 amide bonds. The Balaban J connectivity index is 1.99. The topological polar surface area (TPSA) is 64.1 Å². The quantitative estimate of drug-likeness (QED) is 0.843. The smallest absolute Gasteiger partial charge is 0.158 e. The first kappa shape index (κ1) is 14.7. The number of aromatic nitrogens is 2. The summed E-state index contributed by atoms with van der Waals surface area (Å²) < 4.78 is 16.6. The summed E-state index contributed by atoms with van der Waals surface area (Å²) in [7, 11) is -0.651. The SMILES string of the molecule is CCOCc1nc(Cl)cc(NC2CCS(=O)CC2)n1. The normalized spacial score (nSPS) is 23.3. The van der Waals surface area contributed by atoms with Crippen LogP contribution in [0.5, 0.6) is 0 Å². The van der Waals surface area contributed by atoms with Crippen molar-refractivity contribution in [2.24, 2.45) is 0 Å². The first-order valence-electron chi connectivity index (χ1n) is 6.40. The Morgan fingerprint density at radius 2 is 2.21 bits per heavy atom. The summed E-state index contributed by atoms with van der Waals surface area (Å²) in [4.78, 5) is 8.49.